The Hall–Kier alpha value is -1.75. The zero-order chi connectivity index (χ0) is 15.1. The predicted molar refractivity (Wildman–Crippen MR) is 81.4 cm³/mol. The Labute approximate surface area is 125 Å². The zero-order valence-corrected chi connectivity index (χ0v) is 12.5. The average Bonchev–Trinajstić information content (AvgIpc) is 2.69. The number of hydrogen-bond acceptors (Lipinski definition) is 3. The van der Waals surface area contributed by atoms with E-state index < -0.39 is 0 Å². The number of amides is 2. The van der Waals surface area contributed by atoms with Crippen molar-refractivity contribution in [1.29, 1.82) is 0 Å². The third-order valence-corrected chi connectivity index (χ3v) is 3.80. The fraction of sp³-hybridized carbons (Fsp3) is 0.562. The summed E-state index contributed by atoms with van der Waals surface area (Å²) in [6, 6.07) is 7.63. The zero-order valence-electron chi connectivity index (χ0n) is 12.5. The summed E-state index contributed by atoms with van der Waals surface area (Å²) < 4.78 is 5.70. The Morgan fingerprint density at radius 3 is 3.05 bits per heavy atom. The van der Waals surface area contributed by atoms with Gasteiger partial charge in [0, 0.05) is 18.2 Å². The molecule has 0 aromatic heterocycles. The fourth-order valence-electron chi connectivity index (χ4n) is 2.59. The number of benzene rings is 1. The highest BCUT2D eigenvalue weighted by molar-refractivity contribution is 5.75. The van der Waals surface area contributed by atoms with Gasteiger partial charge in [-0.1, -0.05) is 25.1 Å². The summed E-state index contributed by atoms with van der Waals surface area (Å²) in [6.45, 7) is 2.76. The number of carbonyl (C=O) groups is 1. The Morgan fingerprint density at radius 2 is 2.29 bits per heavy atom. The van der Waals surface area contributed by atoms with Crippen molar-refractivity contribution in [3.8, 4) is 5.75 Å². The molecule has 21 heavy (non-hydrogen) atoms. The van der Waals surface area contributed by atoms with E-state index in [4.69, 9.17) is 9.84 Å². The smallest absolute Gasteiger partial charge is 0.315 e. The summed E-state index contributed by atoms with van der Waals surface area (Å²) in [5, 5.41) is 14.9. The molecule has 2 unspecified atom stereocenters. The Kier molecular flexibility index (Phi) is 5.87. The van der Waals surface area contributed by atoms with Crippen LogP contribution in [0.5, 0.6) is 5.75 Å². The first-order chi connectivity index (χ1) is 10.2. The van der Waals surface area contributed by atoms with E-state index in [1.54, 1.807) is 0 Å². The number of nitrogens with one attached hydrogen (secondary N) is 2. The van der Waals surface area contributed by atoms with E-state index >= 15 is 0 Å². The van der Waals surface area contributed by atoms with E-state index in [1.165, 1.54) is 0 Å². The van der Waals surface area contributed by atoms with Gasteiger partial charge in [0.1, 0.15) is 5.75 Å². The summed E-state index contributed by atoms with van der Waals surface area (Å²) in [5.41, 5.74) is 1.03. The molecule has 5 heteroatoms. The minimum absolute atomic E-state index is 0.00673. The van der Waals surface area contributed by atoms with E-state index in [9.17, 15) is 4.79 Å². The first-order valence-electron chi connectivity index (χ1n) is 7.64. The van der Waals surface area contributed by atoms with Crippen LogP contribution < -0.4 is 15.4 Å². The highest BCUT2D eigenvalue weighted by atomic mass is 16.5. The lowest BCUT2D eigenvalue weighted by Gasteiger charge is -2.21. The molecule has 1 heterocycles. The maximum Gasteiger partial charge on any atom is 0.315 e. The van der Waals surface area contributed by atoms with Crippen molar-refractivity contribution in [2.24, 2.45) is 0 Å². The van der Waals surface area contributed by atoms with Crippen LogP contribution >= 0.6 is 0 Å². The molecule has 0 spiro atoms. The molecule has 1 aliphatic rings. The number of ether oxygens (including phenoxy) is 1. The van der Waals surface area contributed by atoms with Gasteiger partial charge in [-0.2, -0.15) is 0 Å². The molecule has 2 rings (SSSR count). The molecule has 0 radical (unpaired) electrons. The van der Waals surface area contributed by atoms with E-state index in [-0.39, 0.29) is 24.7 Å². The lowest BCUT2D eigenvalue weighted by Crippen LogP contribution is -2.43. The number of fused-ring (bicyclic) bond motifs is 1. The topological polar surface area (TPSA) is 70.6 Å². The predicted octanol–water partition coefficient (Wildman–Crippen LogP) is 2.36. The van der Waals surface area contributed by atoms with Gasteiger partial charge < -0.3 is 20.5 Å². The Morgan fingerprint density at radius 1 is 1.48 bits per heavy atom. The van der Waals surface area contributed by atoms with Crippen LogP contribution in [-0.2, 0) is 0 Å². The number of aliphatic hydroxyl groups excluding tert-OH is 1. The number of hydrogen-bond donors (Lipinski definition) is 3. The van der Waals surface area contributed by atoms with Crippen molar-refractivity contribution in [2.75, 3.05) is 13.2 Å². The summed E-state index contributed by atoms with van der Waals surface area (Å²) in [7, 11) is 0. The molecule has 0 fully saturated rings. The van der Waals surface area contributed by atoms with Crippen LogP contribution in [0.25, 0.3) is 0 Å². The van der Waals surface area contributed by atoms with Crippen LogP contribution in [-0.4, -0.2) is 30.4 Å². The number of rotatable bonds is 5. The molecule has 0 saturated heterocycles. The molecule has 1 aromatic carbocycles. The SMILES string of the molecule is CCC(CCO)NC(=O)NC1CCCOc2ccccc21. The van der Waals surface area contributed by atoms with Gasteiger partial charge in [-0.15, -0.1) is 0 Å². The molecule has 0 saturated carbocycles. The van der Waals surface area contributed by atoms with Gasteiger partial charge in [-0.25, -0.2) is 4.79 Å². The molecule has 0 bridgehead atoms. The highest BCUT2D eigenvalue weighted by Crippen LogP contribution is 2.30. The first-order valence-corrected chi connectivity index (χ1v) is 7.64. The minimum atomic E-state index is -0.183. The number of para-hydroxylation sites is 1. The lowest BCUT2D eigenvalue weighted by molar-refractivity contribution is 0.224. The van der Waals surface area contributed by atoms with Crippen molar-refractivity contribution in [3.05, 3.63) is 29.8 Å². The van der Waals surface area contributed by atoms with Crippen molar-refractivity contribution in [2.45, 2.75) is 44.7 Å². The summed E-state index contributed by atoms with van der Waals surface area (Å²) in [5.74, 6) is 0.850. The Bertz CT molecular complexity index is 465. The summed E-state index contributed by atoms with van der Waals surface area (Å²) in [4.78, 5) is 12.1. The lowest BCUT2D eigenvalue weighted by atomic mass is 10.0. The van der Waals surface area contributed by atoms with Gasteiger partial charge in [-0.3, -0.25) is 0 Å². The second-order valence-electron chi connectivity index (χ2n) is 5.32. The van der Waals surface area contributed by atoms with Crippen LogP contribution in [0.2, 0.25) is 0 Å². The van der Waals surface area contributed by atoms with Gasteiger partial charge in [-0.05, 0) is 31.7 Å². The third-order valence-electron chi connectivity index (χ3n) is 3.80. The summed E-state index contributed by atoms with van der Waals surface area (Å²) in [6.07, 6.45) is 3.15. The quantitative estimate of drug-likeness (QED) is 0.780. The Balaban J connectivity index is 2.00. The van der Waals surface area contributed by atoms with Crippen LogP contribution in [0.1, 0.15) is 44.2 Å². The largest absolute Gasteiger partial charge is 0.493 e. The van der Waals surface area contributed by atoms with E-state index in [2.05, 4.69) is 10.6 Å². The second kappa shape index (κ2) is 7.88. The van der Waals surface area contributed by atoms with Gasteiger partial charge in [0.05, 0.1) is 12.6 Å². The maximum absolute atomic E-state index is 12.1. The van der Waals surface area contributed by atoms with Gasteiger partial charge in [0.25, 0.3) is 0 Å². The molecular formula is C16H24N2O3. The highest BCUT2D eigenvalue weighted by Gasteiger charge is 2.21. The molecule has 1 aromatic rings. The van der Waals surface area contributed by atoms with E-state index in [1.807, 2.05) is 31.2 Å². The van der Waals surface area contributed by atoms with Gasteiger partial charge in [0.2, 0.25) is 0 Å². The molecule has 116 valence electrons. The fourth-order valence-corrected chi connectivity index (χ4v) is 2.59. The van der Waals surface area contributed by atoms with Crippen LogP contribution in [0.4, 0.5) is 4.79 Å². The number of urea groups is 1. The summed E-state index contributed by atoms with van der Waals surface area (Å²) >= 11 is 0. The van der Waals surface area contributed by atoms with Gasteiger partial charge >= 0.3 is 6.03 Å². The average molecular weight is 292 g/mol. The minimum Gasteiger partial charge on any atom is -0.493 e. The van der Waals surface area contributed by atoms with Crippen molar-refractivity contribution in [1.82, 2.24) is 10.6 Å². The molecule has 2 atom stereocenters. The van der Waals surface area contributed by atoms with Crippen LogP contribution in [0.15, 0.2) is 24.3 Å². The van der Waals surface area contributed by atoms with Crippen LogP contribution in [0, 0.1) is 0 Å². The van der Waals surface area contributed by atoms with Crippen molar-refractivity contribution in [3.63, 3.8) is 0 Å². The van der Waals surface area contributed by atoms with E-state index in [0.29, 0.717) is 13.0 Å². The molecule has 2 amide bonds. The molecule has 0 aliphatic carbocycles. The number of carbonyl (C=O) groups excluding carboxylic acids is 1. The standard InChI is InChI=1S/C16H24N2O3/c1-2-12(9-10-19)17-16(20)18-14-7-5-11-21-15-8-4-3-6-13(14)15/h3-4,6,8,12,14,19H,2,5,7,9-11H2,1H3,(H2,17,18,20). The number of aliphatic hydroxyl groups is 1. The normalized spacial score (nSPS) is 18.9. The molecular weight excluding hydrogens is 268 g/mol. The first kappa shape index (κ1) is 15.6. The monoisotopic (exact) mass is 292 g/mol. The molecule has 3 N–H and O–H groups in total. The maximum atomic E-state index is 12.1. The molecule has 5 nitrogen and oxygen atoms in total. The third kappa shape index (κ3) is 4.36. The van der Waals surface area contributed by atoms with Crippen molar-refractivity contribution < 1.29 is 14.6 Å². The van der Waals surface area contributed by atoms with Crippen molar-refractivity contribution >= 4 is 6.03 Å². The second-order valence-corrected chi connectivity index (χ2v) is 5.32. The molecule has 1 aliphatic heterocycles. The van der Waals surface area contributed by atoms with Crippen LogP contribution in [0.3, 0.4) is 0 Å². The van der Waals surface area contributed by atoms with Gasteiger partial charge in [0.15, 0.2) is 0 Å². The van der Waals surface area contributed by atoms with E-state index in [0.717, 1.165) is 30.6 Å².